The molecule has 0 atom stereocenters. The number of aromatic nitrogens is 1. The van der Waals surface area contributed by atoms with Crippen molar-refractivity contribution >= 4 is 10.9 Å². The van der Waals surface area contributed by atoms with Gasteiger partial charge < -0.3 is 5.73 Å². The van der Waals surface area contributed by atoms with Crippen molar-refractivity contribution in [3.8, 4) is 0 Å². The van der Waals surface area contributed by atoms with Gasteiger partial charge in [0.05, 0.1) is 5.52 Å². The minimum absolute atomic E-state index is 0.282. The molecule has 1 aromatic heterocycles. The Labute approximate surface area is 89.1 Å². The van der Waals surface area contributed by atoms with Gasteiger partial charge in [-0.25, -0.2) is 0 Å². The van der Waals surface area contributed by atoms with Gasteiger partial charge in [0.2, 0.25) is 0 Å². The average molecular weight is 198 g/mol. The fourth-order valence-corrected chi connectivity index (χ4v) is 2.17. The molecule has 1 aromatic carbocycles. The minimum Gasteiger partial charge on any atom is -0.330 e. The number of rotatable bonds is 2. The highest BCUT2D eigenvalue weighted by atomic mass is 14.7. The summed E-state index contributed by atoms with van der Waals surface area (Å²) < 4.78 is 0. The normalized spacial score (nSPS) is 17.9. The maximum Gasteiger partial charge on any atom is 0.0702 e. The monoisotopic (exact) mass is 198 g/mol. The summed E-state index contributed by atoms with van der Waals surface area (Å²) in [7, 11) is 0. The van der Waals surface area contributed by atoms with Gasteiger partial charge in [-0.2, -0.15) is 0 Å². The van der Waals surface area contributed by atoms with Gasteiger partial charge in [0.15, 0.2) is 0 Å². The first kappa shape index (κ1) is 8.86. The Balaban J connectivity index is 2.14. The van der Waals surface area contributed by atoms with Gasteiger partial charge in [-0.1, -0.05) is 12.1 Å². The van der Waals surface area contributed by atoms with Crippen LogP contribution in [0.25, 0.3) is 10.9 Å². The maximum absolute atomic E-state index is 5.83. The van der Waals surface area contributed by atoms with Crippen LogP contribution in [0, 0.1) is 0 Å². The predicted octanol–water partition coefficient (Wildman–Crippen LogP) is 2.23. The maximum atomic E-state index is 5.83. The van der Waals surface area contributed by atoms with Crippen LogP contribution in [0.3, 0.4) is 0 Å². The first-order chi connectivity index (χ1) is 7.34. The lowest BCUT2D eigenvalue weighted by Gasteiger charge is -2.13. The van der Waals surface area contributed by atoms with Crippen LogP contribution in [0.2, 0.25) is 0 Å². The first-order valence-corrected chi connectivity index (χ1v) is 5.39. The van der Waals surface area contributed by atoms with Crippen LogP contribution in [0.15, 0.2) is 36.5 Å². The highest BCUT2D eigenvalue weighted by Gasteiger charge is 2.42. The molecule has 1 fully saturated rings. The lowest BCUT2D eigenvalue weighted by atomic mass is 9.95. The zero-order valence-corrected chi connectivity index (χ0v) is 8.61. The van der Waals surface area contributed by atoms with Crippen molar-refractivity contribution < 1.29 is 0 Å². The van der Waals surface area contributed by atoms with E-state index in [9.17, 15) is 0 Å². The summed E-state index contributed by atoms with van der Waals surface area (Å²) in [6.07, 6.45) is 4.29. The molecule has 0 radical (unpaired) electrons. The lowest BCUT2D eigenvalue weighted by molar-refractivity contribution is 0.706. The lowest BCUT2D eigenvalue weighted by Crippen LogP contribution is -2.19. The summed E-state index contributed by atoms with van der Waals surface area (Å²) >= 11 is 0. The van der Waals surface area contributed by atoms with E-state index in [-0.39, 0.29) is 5.41 Å². The summed E-state index contributed by atoms with van der Waals surface area (Å²) in [4.78, 5) is 4.32. The van der Waals surface area contributed by atoms with Gasteiger partial charge >= 0.3 is 0 Å². The Bertz CT molecular complexity index is 501. The molecule has 2 aromatic rings. The van der Waals surface area contributed by atoms with Gasteiger partial charge in [-0.15, -0.1) is 0 Å². The highest BCUT2D eigenvalue weighted by molar-refractivity contribution is 5.79. The molecule has 2 heteroatoms. The Morgan fingerprint density at radius 2 is 2.13 bits per heavy atom. The molecule has 15 heavy (non-hydrogen) atoms. The van der Waals surface area contributed by atoms with E-state index in [0.717, 1.165) is 12.1 Å². The van der Waals surface area contributed by atoms with Crippen LogP contribution >= 0.6 is 0 Å². The van der Waals surface area contributed by atoms with Crippen LogP contribution in [0.1, 0.15) is 18.4 Å². The van der Waals surface area contributed by atoms with E-state index in [1.54, 1.807) is 0 Å². The van der Waals surface area contributed by atoms with Gasteiger partial charge in [0, 0.05) is 23.5 Å². The third kappa shape index (κ3) is 1.33. The van der Waals surface area contributed by atoms with E-state index in [2.05, 4.69) is 29.2 Å². The molecule has 1 aliphatic rings. The summed E-state index contributed by atoms with van der Waals surface area (Å²) in [6, 6.07) is 10.6. The molecule has 76 valence electrons. The smallest absolute Gasteiger partial charge is 0.0702 e. The number of nitrogens with two attached hydrogens (primary N) is 1. The summed E-state index contributed by atoms with van der Waals surface area (Å²) in [6.45, 7) is 0.763. The number of benzene rings is 1. The van der Waals surface area contributed by atoms with Crippen LogP contribution in [-0.4, -0.2) is 11.5 Å². The topological polar surface area (TPSA) is 38.9 Å². The van der Waals surface area contributed by atoms with Gasteiger partial charge in [-0.3, -0.25) is 4.98 Å². The highest BCUT2D eigenvalue weighted by Crippen LogP contribution is 2.47. The summed E-state index contributed by atoms with van der Waals surface area (Å²) in [5.41, 5.74) is 8.56. The zero-order chi connectivity index (χ0) is 10.3. The number of fused-ring (bicyclic) bond motifs is 1. The Hall–Kier alpha value is -1.41. The molecule has 0 saturated heterocycles. The Morgan fingerprint density at radius 3 is 2.87 bits per heavy atom. The molecule has 0 amide bonds. The molecule has 2 N–H and O–H groups in total. The standard InChI is InChI=1S/C13H14N2/c14-9-13(5-6-13)11-3-4-12-10(8-11)2-1-7-15-12/h1-4,7-8H,5-6,9,14H2. The fourth-order valence-electron chi connectivity index (χ4n) is 2.17. The fraction of sp³-hybridized carbons (Fsp3) is 0.308. The summed E-state index contributed by atoms with van der Waals surface area (Å²) in [5, 5.41) is 1.22. The number of hydrogen-bond donors (Lipinski definition) is 1. The van der Waals surface area contributed by atoms with E-state index in [1.165, 1.54) is 23.8 Å². The Kier molecular flexibility index (Phi) is 1.80. The van der Waals surface area contributed by atoms with Gasteiger partial charge in [0.25, 0.3) is 0 Å². The van der Waals surface area contributed by atoms with Gasteiger partial charge in [-0.05, 0) is 36.6 Å². The van der Waals surface area contributed by atoms with Crippen LogP contribution in [0.5, 0.6) is 0 Å². The molecular formula is C13H14N2. The van der Waals surface area contributed by atoms with Crippen molar-refractivity contribution in [1.29, 1.82) is 0 Å². The van der Waals surface area contributed by atoms with E-state index in [1.807, 2.05) is 12.3 Å². The van der Waals surface area contributed by atoms with Crippen LogP contribution in [0.4, 0.5) is 0 Å². The molecule has 2 nitrogen and oxygen atoms in total. The second kappa shape index (κ2) is 3.04. The van der Waals surface area contributed by atoms with Crippen molar-refractivity contribution in [1.82, 2.24) is 4.98 Å². The number of nitrogens with zero attached hydrogens (tertiary/aromatic N) is 1. The minimum atomic E-state index is 0.282. The van der Waals surface area contributed by atoms with Gasteiger partial charge in [0.1, 0.15) is 0 Å². The first-order valence-electron chi connectivity index (χ1n) is 5.39. The van der Waals surface area contributed by atoms with Crippen LogP contribution in [-0.2, 0) is 5.41 Å². The molecule has 3 rings (SSSR count). The molecule has 0 bridgehead atoms. The second-order valence-corrected chi connectivity index (χ2v) is 4.40. The molecule has 1 aliphatic carbocycles. The van der Waals surface area contributed by atoms with Crippen molar-refractivity contribution in [2.75, 3.05) is 6.54 Å². The second-order valence-electron chi connectivity index (χ2n) is 4.40. The van der Waals surface area contributed by atoms with E-state index < -0.39 is 0 Å². The zero-order valence-electron chi connectivity index (χ0n) is 8.61. The largest absolute Gasteiger partial charge is 0.330 e. The van der Waals surface area contributed by atoms with Crippen LogP contribution < -0.4 is 5.73 Å². The molecule has 0 unspecified atom stereocenters. The third-order valence-corrected chi connectivity index (χ3v) is 3.46. The third-order valence-electron chi connectivity index (χ3n) is 3.46. The summed E-state index contributed by atoms with van der Waals surface area (Å²) in [5.74, 6) is 0. The van der Waals surface area contributed by atoms with Crippen molar-refractivity contribution in [2.24, 2.45) is 5.73 Å². The molecule has 1 saturated carbocycles. The molecular weight excluding hydrogens is 184 g/mol. The molecule has 0 spiro atoms. The predicted molar refractivity (Wildman–Crippen MR) is 61.7 cm³/mol. The van der Waals surface area contributed by atoms with E-state index >= 15 is 0 Å². The Morgan fingerprint density at radius 1 is 1.27 bits per heavy atom. The van der Waals surface area contributed by atoms with Crippen molar-refractivity contribution in [3.63, 3.8) is 0 Å². The van der Waals surface area contributed by atoms with E-state index in [0.29, 0.717) is 0 Å². The molecule has 0 aliphatic heterocycles. The van der Waals surface area contributed by atoms with E-state index in [4.69, 9.17) is 5.73 Å². The average Bonchev–Trinajstić information content (AvgIpc) is 3.09. The SMILES string of the molecule is NCC1(c2ccc3ncccc3c2)CC1. The van der Waals surface area contributed by atoms with Crippen molar-refractivity contribution in [2.45, 2.75) is 18.3 Å². The molecule has 1 heterocycles. The number of pyridine rings is 1. The number of hydrogen-bond acceptors (Lipinski definition) is 2. The van der Waals surface area contributed by atoms with Crippen molar-refractivity contribution in [3.05, 3.63) is 42.1 Å². The quantitative estimate of drug-likeness (QED) is 0.803.